The summed E-state index contributed by atoms with van der Waals surface area (Å²) >= 11 is 3.32. The monoisotopic (exact) mass is 309 g/mol. The van der Waals surface area contributed by atoms with E-state index in [0.717, 1.165) is 23.1 Å². The molecule has 18 heavy (non-hydrogen) atoms. The number of carbonyl (C=O) groups is 1. The lowest BCUT2D eigenvalue weighted by Crippen LogP contribution is -2.04. The van der Waals surface area contributed by atoms with Gasteiger partial charge in [0.15, 0.2) is 0 Å². The number of halogens is 1. The molecule has 1 aliphatic rings. The van der Waals surface area contributed by atoms with E-state index >= 15 is 0 Å². The molecule has 0 saturated carbocycles. The highest BCUT2D eigenvalue weighted by Gasteiger charge is 2.07. The number of rotatable bonds is 5. The van der Waals surface area contributed by atoms with Gasteiger partial charge in [-0.25, -0.2) is 4.79 Å². The van der Waals surface area contributed by atoms with Crippen LogP contribution in [0.3, 0.4) is 0 Å². The van der Waals surface area contributed by atoms with Crippen molar-refractivity contribution in [1.82, 2.24) is 0 Å². The maximum Gasteiger partial charge on any atom is 0.335 e. The van der Waals surface area contributed by atoms with Crippen LogP contribution in [-0.4, -0.2) is 17.6 Å². The third-order valence-corrected chi connectivity index (χ3v) is 3.51. The molecular formula is C14H16BrNO2. The topological polar surface area (TPSA) is 49.3 Å². The van der Waals surface area contributed by atoms with Gasteiger partial charge in [0.1, 0.15) is 0 Å². The molecule has 0 amide bonds. The minimum Gasteiger partial charge on any atom is -0.478 e. The maximum atomic E-state index is 10.9. The Morgan fingerprint density at radius 2 is 2.22 bits per heavy atom. The maximum absolute atomic E-state index is 10.9. The zero-order valence-corrected chi connectivity index (χ0v) is 11.7. The van der Waals surface area contributed by atoms with Crippen LogP contribution in [0.25, 0.3) is 0 Å². The zero-order valence-electron chi connectivity index (χ0n) is 10.1. The van der Waals surface area contributed by atoms with E-state index in [1.54, 1.807) is 12.1 Å². The minimum absolute atomic E-state index is 0.298. The molecule has 0 radical (unpaired) electrons. The van der Waals surface area contributed by atoms with Crippen LogP contribution >= 0.6 is 15.9 Å². The zero-order chi connectivity index (χ0) is 13.0. The summed E-state index contributed by atoms with van der Waals surface area (Å²) in [6.07, 6.45) is 7.03. The van der Waals surface area contributed by atoms with Gasteiger partial charge in [-0.1, -0.05) is 27.6 Å². The van der Waals surface area contributed by atoms with E-state index in [1.165, 1.54) is 24.8 Å². The highest BCUT2D eigenvalue weighted by atomic mass is 79.9. The van der Waals surface area contributed by atoms with Crippen LogP contribution in [0.1, 0.15) is 36.0 Å². The molecule has 0 saturated heterocycles. The number of anilines is 1. The average molecular weight is 310 g/mol. The Labute approximate surface area is 115 Å². The first-order valence-electron chi connectivity index (χ1n) is 6.11. The van der Waals surface area contributed by atoms with Gasteiger partial charge >= 0.3 is 5.97 Å². The Kier molecular flexibility index (Phi) is 4.42. The molecule has 2 rings (SSSR count). The highest BCUT2D eigenvalue weighted by Crippen LogP contribution is 2.22. The summed E-state index contributed by atoms with van der Waals surface area (Å²) in [5.41, 5.74) is 2.66. The Bertz CT molecular complexity index is 483. The number of hydrogen-bond acceptors (Lipinski definition) is 2. The van der Waals surface area contributed by atoms with E-state index in [4.69, 9.17) is 5.11 Å². The van der Waals surface area contributed by atoms with Crippen molar-refractivity contribution in [3.05, 3.63) is 39.9 Å². The fourth-order valence-corrected chi connectivity index (χ4v) is 2.64. The van der Waals surface area contributed by atoms with Crippen LogP contribution in [0.15, 0.2) is 34.3 Å². The van der Waals surface area contributed by atoms with Crippen LogP contribution in [0.4, 0.5) is 5.69 Å². The summed E-state index contributed by atoms with van der Waals surface area (Å²) in [4.78, 5) is 10.9. The first kappa shape index (κ1) is 13.1. The summed E-state index contributed by atoms with van der Waals surface area (Å²) in [5.74, 6) is -0.905. The molecule has 96 valence electrons. The Morgan fingerprint density at radius 3 is 2.89 bits per heavy atom. The van der Waals surface area contributed by atoms with Crippen LogP contribution in [0.2, 0.25) is 0 Å². The molecule has 0 atom stereocenters. The van der Waals surface area contributed by atoms with E-state index in [9.17, 15) is 4.79 Å². The standard InChI is InChI=1S/C14H16BrNO2/c15-12-7-11(14(17)18)8-13(9-12)16-6-5-10-3-1-2-4-10/h3,7-9,16H,1-2,4-6H2,(H,17,18). The van der Waals surface area contributed by atoms with E-state index in [2.05, 4.69) is 27.3 Å². The van der Waals surface area contributed by atoms with E-state index in [1.807, 2.05) is 6.07 Å². The second kappa shape index (κ2) is 6.05. The van der Waals surface area contributed by atoms with Gasteiger partial charge in [0.05, 0.1) is 5.56 Å². The van der Waals surface area contributed by atoms with Crippen molar-refractivity contribution in [3.63, 3.8) is 0 Å². The summed E-state index contributed by atoms with van der Waals surface area (Å²) in [6.45, 7) is 0.849. The molecule has 0 fully saturated rings. The van der Waals surface area contributed by atoms with Gasteiger partial charge in [-0.05, 0) is 43.9 Å². The van der Waals surface area contributed by atoms with Gasteiger partial charge in [-0.15, -0.1) is 0 Å². The lowest BCUT2D eigenvalue weighted by atomic mass is 10.1. The molecule has 1 aliphatic carbocycles. The normalized spacial score (nSPS) is 14.4. The molecule has 2 N–H and O–H groups in total. The van der Waals surface area contributed by atoms with Crippen LogP contribution in [0, 0.1) is 0 Å². The van der Waals surface area contributed by atoms with Gasteiger partial charge in [-0.2, -0.15) is 0 Å². The molecule has 1 aromatic rings. The predicted molar refractivity (Wildman–Crippen MR) is 76.1 cm³/mol. The molecule has 0 aliphatic heterocycles. The fourth-order valence-electron chi connectivity index (χ4n) is 2.15. The van der Waals surface area contributed by atoms with Crippen LogP contribution in [-0.2, 0) is 0 Å². The number of carboxylic acids is 1. The van der Waals surface area contributed by atoms with Crippen molar-refractivity contribution in [2.24, 2.45) is 0 Å². The first-order chi connectivity index (χ1) is 8.65. The molecule has 1 aromatic carbocycles. The third-order valence-electron chi connectivity index (χ3n) is 3.06. The Balaban J connectivity index is 1.94. The highest BCUT2D eigenvalue weighted by molar-refractivity contribution is 9.10. The minimum atomic E-state index is -0.905. The molecule has 0 heterocycles. The second-order valence-electron chi connectivity index (χ2n) is 4.47. The predicted octanol–water partition coefficient (Wildman–Crippen LogP) is 4.06. The summed E-state index contributed by atoms with van der Waals surface area (Å²) in [5, 5.41) is 12.2. The average Bonchev–Trinajstić information content (AvgIpc) is 2.81. The SMILES string of the molecule is O=C(O)c1cc(Br)cc(NCCC2=CCCC2)c1. The number of hydrogen-bond donors (Lipinski definition) is 2. The molecule has 0 bridgehead atoms. The van der Waals surface area contributed by atoms with Gasteiger partial charge < -0.3 is 10.4 Å². The largest absolute Gasteiger partial charge is 0.478 e. The van der Waals surface area contributed by atoms with E-state index < -0.39 is 5.97 Å². The quantitative estimate of drug-likeness (QED) is 0.806. The second-order valence-corrected chi connectivity index (χ2v) is 5.38. The summed E-state index contributed by atoms with van der Waals surface area (Å²) < 4.78 is 0.782. The molecule has 0 unspecified atom stereocenters. The number of aromatic carboxylic acids is 1. The van der Waals surface area contributed by atoms with Gasteiger partial charge in [0.2, 0.25) is 0 Å². The molecule has 3 nitrogen and oxygen atoms in total. The van der Waals surface area contributed by atoms with Gasteiger partial charge in [-0.3, -0.25) is 0 Å². The van der Waals surface area contributed by atoms with Gasteiger partial charge in [0.25, 0.3) is 0 Å². The van der Waals surface area contributed by atoms with E-state index in [-0.39, 0.29) is 0 Å². The Morgan fingerprint density at radius 1 is 1.39 bits per heavy atom. The van der Waals surface area contributed by atoms with Crippen LogP contribution < -0.4 is 5.32 Å². The number of nitrogens with one attached hydrogen (secondary N) is 1. The smallest absolute Gasteiger partial charge is 0.335 e. The van der Waals surface area contributed by atoms with Crippen molar-refractivity contribution in [3.8, 4) is 0 Å². The van der Waals surface area contributed by atoms with Crippen LogP contribution in [0.5, 0.6) is 0 Å². The lowest BCUT2D eigenvalue weighted by Gasteiger charge is -2.08. The molecule has 0 spiro atoms. The third kappa shape index (κ3) is 3.60. The number of allylic oxidation sites excluding steroid dienone is 1. The van der Waals surface area contributed by atoms with Gasteiger partial charge in [0, 0.05) is 16.7 Å². The van der Waals surface area contributed by atoms with Crippen molar-refractivity contribution in [2.45, 2.75) is 25.7 Å². The van der Waals surface area contributed by atoms with Crippen molar-refractivity contribution < 1.29 is 9.90 Å². The Hall–Kier alpha value is -1.29. The molecular weight excluding hydrogens is 294 g/mol. The molecule has 4 heteroatoms. The number of carboxylic acid groups (broad SMARTS) is 1. The first-order valence-corrected chi connectivity index (χ1v) is 6.90. The van der Waals surface area contributed by atoms with Crippen molar-refractivity contribution in [1.29, 1.82) is 0 Å². The van der Waals surface area contributed by atoms with Crippen molar-refractivity contribution in [2.75, 3.05) is 11.9 Å². The fraction of sp³-hybridized carbons (Fsp3) is 0.357. The summed E-state index contributed by atoms with van der Waals surface area (Å²) in [7, 11) is 0. The van der Waals surface area contributed by atoms with E-state index in [0.29, 0.717) is 5.56 Å². The lowest BCUT2D eigenvalue weighted by molar-refractivity contribution is 0.0697. The van der Waals surface area contributed by atoms with Crippen molar-refractivity contribution >= 4 is 27.6 Å². The number of benzene rings is 1. The molecule has 0 aromatic heterocycles. The summed E-state index contributed by atoms with van der Waals surface area (Å²) in [6, 6.07) is 5.17.